The number of rotatable bonds is 2. The first kappa shape index (κ1) is 14.2. The third-order valence-corrected chi connectivity index (χ3v) is 4.84. The smallest absolute Gasteiger partial charge is 0.331 e. The highest BCUT2D eigenvalue weighted by molar-refractivity contribution is 9.10. The van der Waals surface area contributed by atoms with E-state index in [1.165, 1.54) is 22.4 Å². The van der Waals surface area contributed by atoms with Crippen molar-refractivity contribution in [3.05, 3.63) is 50.4 Å². The Morgan fingerprint density at radius 2 is 2.24 bits per heavy atom. The minimum absolute atomic E-state index is 0.312. The molecule has 1 atom stereocenters. The van der Waals surface area contributed by atoms with Crippen LogP contribution in [0.5, 0.6) is 0 Å². The van der Waals surface area contributed by atoms with Gasteiger partial charge in [0.2, 0.25) is 0 Å². The van der Waals surface area contributed by atoms with E-state index in [1.807, 2.05) is 5.38 Å². The molecule has 0 saturated carbocycles. The largest absolute Gasteiger partial charge is 0.479 e. The van der Waals surface area contributed by atoms with Gasteiger partial charge in [-0.2, -0.15) is 0 Å². The second-order valence-corrected chi connectivity index (χ2v) is 6.60. The van der Waals surface area contributed by atoms with E-state index in [4.69, 9.17) is 0 Å². The zero-order valence-electron chi connectivity index (χ0n) is 10.8. The SMILES string of the molecule is O=C(O)C1c2ccsc2CCN1C(=O)c1cncc(Br)c1. The van der Waals surface area contributed by atoms with Crippen LogP contribution in [0.4, 0.5) is 0 Å². The summed E-state index contributed by atoms with van der Waals surface area (Å²) < 4.78 is 0.688. The summed E-state index contributed by atoms with van der Waals surface area (Å²) in [4.78, 5) is 30.6. The van der Waals surface area contributed by atoms with Crippen molar-refractivity contribution in [1.82, 2.24) is 9.88 Å². The van der Waals surface area contributed by atoms with Gasteiger partial charge in [0.1, 0.15) is 0 Å². The van der Waals surface area contributed by atoms with Gasteiger partial charge >= 0.3 is 5.97 Å². The minimum Gasteiger partial charge on any atom is -0.479 e. The summed E-state index contributed by atoms with van der Waals surface area (Å²) in [5, 5.41) is 11.4. The summed E-state index contributed by atoms with van der Waals surface area (Å²) in [5.74, 6) is -1.32. The Hall–Kier alpha value is -1.73. The number of carboxylic acid groups (broad SMARTS) is 1. The van der Waals surface area contributed by atoms with Crippen LogP contribution in [0.15, 0.2) is 34.4 Å². The van der Waals surface area contributed by atoms with E-state index >= 15 is 0 Å². The molecule has 0 fully saturated rings. The second-order valence-electron chi connectivity index (χ2n) is 4.68. The van der Waals surface area contributed by atoms with Gasteiger partial charge in [-0.1, -0.05) is 0 Å². The van der Waals surface area contributed by atoms with Crippen molar-refractivity contribution in [2.45, 2.75) is 12.5 Å². The maximum absolute atomic E-state index is 12.6. The fourth-order valence-corrected chi connectivity index (χ4v) is 3.76. The van der Waals surface area contributed by atoms with E-state index in [1.54, 1.807) is 18.3 Å². The standard InChI is InChI=1S/C14H11BrN2O3S/c15-9-5-8(6-16-7-9)13(18)17-3-1-11-10(2-4-21-11)12(17)14(19)20/h2,4-7,12H,1,3H2,(H,19,20). The van der Waals surface area contributed by atoms with Gasteiger partial charge in [0.15, 0.2) is 6.04 Å². The van der Waals surface area contributed by atoms with Gasteiger partial charge in [-0.15, -0.1) is 11.3 Å². The van der Waals surface area contributed by atoms with Crippen molar-refractivity contribution in [2.75, 3.05) is 6.54 Å². The van der Waals surface area contributed by atoms with Crippen molar-refractivity contribution in [3.8, 4) is 0 Å². The number of amides is 1. The van der Waals surface area contributed by atoms with Gasteiger partial charge < -0.3 is 10.0 Å². The molecule has 1 unspecified atom stereocenters. The maximum atomic E-state index is 12.6. The summed E-state index contributed by atoms with van der Waals surface area (Å²) in [6.07, 6.45) is 3.72. The summed E-state index contributed by atoms with van der Waals surface area (Å²) >= 11 is 4.81. The van der Waals surface area contributed by atoms with Crippen molar-refractivity contribution in [1.29, 1.82) is 0 Å². The first-order chi connectivity index (χ1) is 10.1. The Labute approximate surface area is 133 Å². The first-order valence-corrected chi connectivity index (χ1v) is 7.96. The number of pyridine rings is 1. The zero-order chi connectivity index (χ0) is 15.0. The number of hydrogen-bond donors (Lipinski definition) is 1. The number of nitrogens with zero attached hydrogens (tertiary/aromatic N) is 2. The predicted molar refractivity (Wildman–Crippen MR) is 81.4 cm³/mol. The number of carbonyl (C=O) groups is 2. The molecule has 2 aromatic heterocycles. The molecule has 5 nitrogen and oxygen atoms in total. The van der Waals surface area contributed by atoms with E-state index in [0.29, 0.717) is 23.0 Å². The van der Waals surface area contributed by atoms with Crippen LogP contribution in [-0.2, 0) is 11.2 Å². The monoisotopic (exact) mass is 366 g/mol. The molecule has 1 amide bonds. The molecular weight excluding hydrogens is 356 g/mol. The molecule has 0 bridgehead atoms. The number of thiophene rings is 1. The molecule has 108 valence electrons. The molecule has 3 heterocycles. The molecule has 0 saturated heterocycles. The van der Waals surface area contributed by atoms with Crippen molar-refractivity contribution >= 4 is 39.1 Å². The number of carboxylic acids is 1. The second kappa shape index (κ2) is 5.57. The number of hydrogen-bond acceptors (Lipinski definition) is 4. The lowest BCUT2D eigenvalue weighted by molar-refractivity contribution is -0.142. The van der Waals surface area contributed by atoms with Crippen LogP contribution in [0.3, 0.4) is 0 Å². The van der Waals surface area contributed by atoms with Crippen LogP contribution in [0, 0.1) is 0 Å². The third kappa shape index (κ3) is 2.58. The van der Waals surface area contributed by atoms with Gasteiger partial charge in [0.25, 0.3) is 5.91 Å². The fourth-order valence-electron chi connectivity index (χ4n) is 2.50. The first-order valence-electron chi connectivity index (χ1n) is 6.28. The van der Waals surface area contributed by atoms with Crippen LogP contribution in [0.2, 0.25) is 0 Å². The summed E-state index contributed by atoms with van der Waals surface area (Å²) in [5.41, 5.74) is 1.10. The number of halogens is 1. The summed E-state index contributed by atoms with van der Waals surface area (Å²) in [6.45, 7) is 0.399. The highest BCUT2D eigenvalue weighted by Crippen LogP contribution is 2.34. The molecular formula is C14H11BrN2O3S. The predicted octanol–water partition coefficient (Wildman–Crippen LogP) is 2.73. The van der Waals surface area contributed by atoms with Gasteiger partial charge in [0, 0.05) is 28.3 Å². The van der Waals surface area contributed by atoms with E-state index in [-0.39, 0.29) is 5.91 Å². The van der Waals surface area contributed by atoms with Crippen LogP contribution < -0.4 is 0 Å². The Morgan fingerprint density at radius 1 is 1.43 bits per heavy atom. The molecule has 1 N–H and O–H groups in total. The molecule has 0 spiro atoms. The van der Waals surface area contributed by atoms with Gasteiger partial charge in [-0.05, 0) is 45.4 Å². The average molecular weight is 367 g/mol. The van der Waals surface area contributed by atoms with Crippen LogP contribution in [0.1, 0.15) is 26.8 Å². The molecule has 21 heavy (non-hydrogen) atoms. The molecule has 0 aromatic carbocycles. The van der Waals surface area contributed by atoms with Crippen molar-refractivity contribution < 1.29 is 14.7 Å². The Balaban J connectivity index is 1.98. The lowest BCUT2D eigenvalue weighted by atomic mass is 9.99. The van der Waals surface area contributed by atoms with Gasteiger partial charge in [0.05, 0.1) is 5.56 Å². The molecule has 1 aliphatic rings. The van der Waals surface area contributed by atoms with E-state index in [0.717, 1.165) is 10.4 Å². The molecule has 1 aliphatic heterocycles. The summed E-state index contributed by atoms with van der Waals surface area (Å²) in [6, 6.07) is 2.51. The van der Waals surface area contributed by atoms with E-state index in [9.17, 15) is 14.7 Å². The van der Waals surface area contributed by atoms with Crippen LogP contribution in [0.25, 0.3) is 0 Å². The lowest BCUT2D eigenvalue weighted by Gasteiger charge is -2.33. The third-order valence-electron chi connectivity index (χ3n) is 3.41. The molecule has 2 aromatic rings. The van der Waals surface area contributed by atoms with Gasteiger partial charge in [-0.3, -0.25) is 9.78 Å². The molecule has 7 heteroatoms. The normalized spacial score (nSPS) is 17.4. The Morgan fingerprint density at radius 3 is 2.95 bits per heavy atom. The number of aromatic nitrogens is 1. The van der Waals surface area contributed by atoms with E-state index < -0.39 is 12.0 Å². The average Bonchev–Trinajstić information content (AvgIpc) is 2.93. The van der Waals surface area contributed by atoms with Crippen LogP contribution in [-0.4, -0.2) is 33.4 Å². The lowest BCUT2D eigenvalue weighted by Crippen LogP contribution is -2.43. The number of aliphatic carboxylic acids is 1. The Bertz CT molecular complexity index is 716. The topological polar surface area (TPSA) is 70.5 Å². The molecule has 0 aliphatic carbocycles. The highest BCUT2D eigenvalue weighted by atomic mass is 79.9. The quantitative estimate of drug-likeness (QED) is 0.886. The van der Waals surface area contributed by atoms with Crippen LogP contribution >= 0.6 is 27.3 Å². The number of carbonyl (C=O) groups excluding carboxylic acids is 1. The maximum Gasteiger partial charge on any atom is 0.331 e. The van der Waals surface area contributed by atoms with E-state index in [2.05, 4.69) is 20.9 Å². The minimum atomic E-state index is -1.01. The summed E-state index contributed by atoms with van der Waals surface area (Å²) in [7, 11) is 0. The Kier molecular flexibility index (Phi) is 3.77. The fraction of sp³-hybridized carbons (Fsp3) is 0.214. The van der Waals surface area contributed by atoms with Crippen molar-refractivity contribution in [3.63, 3.8) is 0 Å². The van der Waals surface area contributed by atoms with Crippen molar-refractivity contribution in [2.24, 2.45) is 0 Å². The van der Waals surface area contributed by atoms with Gasteiger partial charge in [-0.25, -0.2) is 4.79 Å². The number of fused-ring (bicyclic) bond motifs is 1. The highest BCUT2D eigenvalue weighted by Gasteiger charge is 2.37. The zero-order valence-corrected chi connectivity index (χ0v) is 13.2. The molecule has 3 rings (SSSR count). The molecule has 0 radical (unpaired) electrons.